The lowest BCUT2D eigenvalue weighted by atomic mass is 10.2. The third-order valence-corrected chi connectivity index (χ3v) is 3.27. The minimum absolute atomic E-state index is 0.303. The Hall–Kier alpha value is -1.69. The van der Waals surface area contributed by atoms with Crippen molar-refractivity contribution in [3.63, 3.8) is 0 Å². The minimum atomic E-state index is -0.365. The van der Waals surface area contributed by atoms with Gasteiger partial charge in [0.2, 0.25) is 5.91 Å². The van der Waals surface area contributed by atoms with E-state index in [4.69, 9.17) is 18.0 Å². The van der Waals surface area contributed by atoms with Crippen molar-refractivity contribution in [1.82, 2.24) is 4.90 Å². The van der Waals surface area contributed by atoms with Gasteiger partial charge >= 0.3 is 0 Å². The van der Waals surface area contributed by atoms with Gasteiger partial charge in [-0.3, -0.25) is 4.79 Å². The van der Waals surface area contributed by atoms with Crippen LogP contribution in [-0.2, 0) is 4.79 Å². The van der Waals surface area contributed by atoms with E-state index in [2.05, 4.69) is 5.32 Å². The van der Waals surface area contributed by atoms with E-state index in [1.807, 2.05) is 0 Å². The van der Waals surface area contributed by atoms with Crippen molar-refractivity contribution in [2.45, 2.75) is 18.9 Å². The van der Waals surface area contributed by atoms with Crippen LogP contribution in [0.1, 0.15) is 12.8 Å². The number of nitrogens with two attached hydrogens (primary N) is 1. The predicted molar refractivity (Wildman–Crippen MR) is 71.5 cm³/mol. The molecule has 1 aliphatic rings. The average molecular weight is 267 g/mol. The fourth-order valence-electron chi connectivity index (χ4n) is 2.03. The molecule has 2 rings (SSSR count). The first-order valence-corrected chi connectivity index (χ1v) is 6.11. The molecule has 1 aromatic carbocycles. The average Bonchev–Trinajstić information content (AvgIpc) is 2.81. The molecular formula is C12H14FN3OS. The summed E-state index contributed by atoms with van der Waals surface area (Å²) < 4.78 is 12.8. The molecule has 6 heteroatoms. The Morgan fingerprint density at radius 1 is 1.44 bits per heavy atom. The van der Waals surface area contributed by atoms with E-state index in [0.29, 0.717) is 17.3 Å². The third kappa shape index (κ3) is 2.76. The number of carbonyl (C=O) groups is 1. The van der Waals surface area contributed by atoms with Gasteiger partial charge in [0.25, 0.3) is 0 Å². The maximum atomic E-state index is 12.8. The van der Waals surface area contributed by atoms with Crippen LogP contribution in [0.5, 0.6) is 0 Å². The molecule has 1 aliphatic heterocycles. The third-order valence-electron chi connectivity index (χ3n) is 2.94. The first-order chi connectivity index (χ1) is 8.58. The Morgan fingerprint density at radius 3 is 2.72 bits per heavy atom. The summed E-state index contributed by atoms with van der Waals surface area (Å²) in [6, 6.07) is 5.54. The van der Waals surface area contributed by atoms with Crippen molar-refractivity contribution in [3.05, 3.63) is 30.1 Å². The molecular weight excluding hydrogens is 253 g/mol. The second-order valence-electron chi connectivity index (χ2n) is 4.19. The van der Waals surface area contributed by atoms with Gasteiger partial charge in [-0.05, 0) is 49.3 Å². The molecule has 0 bridgehead atoms. The van der Waals surface area contributed by atoms with E-state index >= 15 is 0 Å². The molecule has 1 heterocycles. The molecule has 96 valence electrons. The van der Waals surface area contributed by atoms with Crippen molar-refractivity contribution in [2.24, 2.45) is 5.73 Å². The Bertz CT molecular complexity index is 463. The van der Waals surface area contributed by atoms with Crippen LogP contribution < -0.4 is 11.1 Å². The molecule has 1 fully saturated rings. The van der Waals surface area contributed by atoms with Crippen LogP contribution in [0.15, 0.2) is 24.3 Å². The van der Waals surface area contributed by atoms with Gasteiger partial charge in [0, 0.05) is 12.2 Å². The zero-order valence-corrected chi connectivity index (χ0v) is 10.5. The van der Waals surface area contributed by atoms with Crippen LogP contribution in [-0.4, -0.2) is 28.5 Å². The number of hydrogen-bond donors (Lipinski definition) is 2. The maximum Gasteiger partial charge on any atom is 0.240 e. The number of nitrogens with zero attached hydrogens (tertiary/aromatic N) is 1. The number of nitrogens with one attached hydrogen (secondary N) is 1. The van der Waals surface area contributed by atoms with Crippen molar-refractivity contribution in [2.75, 3.05) is 11.9 Å². The number of amides is 1. The lowest BCUT2D eigenvalue weighted by molar-refractivity contribution is -0.121. The van der Waals surface area contributed by atoms with Crippen LogP contribution >= 0.6 is 12.2 Å². The molecule has 4 nitrogen and oxygen atoms in total. The molecule has 3 N–H and O–H groups in total. The van der Waals surface area contributed by atoms with Crippen LogP contribution in [0.25, 0.3) is 0 Å². The van der Waals surface area contributed by atoms with Crippen LogP contribution in [0, 0.1) is 5.82 Å². The Kier molecular flexibility index (Phi) is 3.76. The summed E-state index contributed by atoms with van der Waals surface area (Å²) in [6.07, 6.45) is 1.61. The summed E-state index contributed by atoms with van der Waals surface area (Å²) >= 11 is 5.24. The first kappa shape index (κ1) is 12.8. The number of anilines is 1. The van der Waals surface area contributed by atoms with Gasteiger partial charge < -0.3 is 16.0 Å². The maximum absolute atomic E-state index is 12.8. The number of thiocarbonyl (C=S) groups is 1. The smallest absolute Gasteiger partial charge is 0.240 e. The van der Waals surface area contributed by atoms with Gasteiger partial charge in [0.1, 0.15) is 11.9 Å². The van der Waals surface area contributed by atoms with Crippen LogP contribution in [0.4, 0.5) is 10.1 Å². The van der Waals surface area contributed by atoms with Gasteiger partial charge in [-0.25, -0.2) is 4.39 Å². The highest BCUT2D eigenvalue weighted by atomic mass is 32.1. The Labute approximate surface area is 110 Å². The number of halogens is 1. The lowest BCUT2D eigenvalue weighted by Crippen LogP contribution is -2.45. The van der Waals surface area contributed by atoms with E-state index in [0.717, 1.165) is 12.8 Å². The molecule has 1 atom stereocenters. The number of primary amides is 1. The molecule has 1 amide bonds. The zero-order valence-electron chi connectivity index (χ0n) is 9.73. The van der Waals surface area contributed by atoms with Crippen molar-refractivity contribution >= 4 is 28.9 Å². The minimum Gasteiger partial charge on any atom is -0.368 e. The molecule has 0 aliphatic carbocycles. The molecule has 1 aromatic rings. The van der Waals surface area contributed by atoms with Crippen molar-refractivity contribution in [3.8, 4) is 0 Å². The molecule has 18 heavy (non-hydrogen) atoms. The highest BCUT2D eigenvalue weighted by Crippen LogP contribution is 2.19. The number of carbonyl (C=O) groups excluding carboxylic acids is 1. The summed E-state index contributed by atoms with van der Waals surface area (Å²) in [5.74, 6) is -0.668. The summed E-state index contributed by atoms with van der Waals surface area (Å²) in [5.41, 5.74) is 6.01. The van der Waals surface area contributed by atoms with Gasteiger partial charge in [-0.2, -0.15) is 0 Å². The van der Waals surface area contributed by atoms with E-state index in [1.165, 1.54) is 12.1 Å². The molecule has 1 saturated heterocycles. The fourth-order valence-corrected chi connectivity index (χ4v) is 2.37. The number of rotatable bonds is 2. The van der Waals surface area contributed by atoms with E-state index in [1.54, 1.807) is 17.0 Å². The van der Waals surface area contributed by atoms with E-state index in [9.17, 15) is 9.18 Å². The second kappa shape index (κ2) is 5.30. The molecule has 0 unspecified atom stereocenters. The normalized spacial score (nSPS) is 18.7. The number of hydrogen-bond acceptors (Lipinski definition) is 2. The SMILES string of the molecule is NC(=O)[C@@H]1CCCN1C(=S)Nc1ccc(F)cc1. The van der Waals surface area contributed by atoms with E-state index < -0.39 is 0 Å². The summed E-state index contributed by atoms with van der Waals surface area (Å²) in [6.45, 7) is 0.709. The summed E-state index contributed by atoms with van der Waals surface area (Å²) in [5, 5.41) is 3.43. The highest BCUT2D eigenvalue weighted by Gasteiger charge is 2.30. The zero-order chi connectivity index (χ0) is 13.1. The monoisotopic (exact) mass is 267 g/mol. The molecule has 0 spiro atoms. The molecule has 0 saturated carbocycles. The standard InChI is InChI=1S/C12H14FN3OS/c13-8-3-5-9(6-4-8)15-12(18)16-7-1-2-10(16)11(14)17/h3-6,10H,1-2,7H2,(H2,14,17)(H,15,18)/t10-/m0/s1. The largest absolute Gasteiger partial charge is 0.368 e. The molecule has 0 aromatic heterocycles. The summed E-state index contributed by atoms with van der Waals surface area (Å²) in [7, 11) is 0. The topological polar surface area (TPSA) is 58.4 Å². The number of likely N-dealkylation sites (tertiary alicyclic amines) is 1. The van der Waals surface area contributed by atoms with Gasteiger partial charge in [0.05, 0.1) is 0 Å². The van der Waals surface area contributed by atoms with Gasteiger partial charge in [-0.15, -0.1) is 0 Å². The molecule has 0 radical (unpaired) electrons. The van der Waals surface area contributed by atoms with Crippen molar-refractivity contribution in [1.29, 1.82) is 0 Å². The highest BCUT2D eigenvalue weighted by molar-refractivity contribution is 7.80. The second-order valence-corrected chi connectivity index (χ2v) is 4.58. The van der Waals surface area contributed by atoms with E-state index in [-0.39, 0.29) is 17.8 Å². The predicted octanol–water partition coefficient (Wildman–Crippen LogP) is 1.47. The first-order valence-electron chi connectivity index (χ1n) is 5.70. The van der Waals surface area contributed by atoms with Gasteiger partial charge in [0.15, 0.2) is 5.11 Å². The van der Waals surface area contributed by atoms with Crippen LogP contribution in [0.2, 0.25) is 0 Å². The Balaban J connectivity index is 2.03. The van der Waals surface area contributed by atoms with Crippen molar-refractivity contribution < 1.29 is 9.18 Å². The van der Waals surface area contributed by atoms with Crippen LogP contribution in [0.3, 0.4) is 0 Å². The number of benzene rings is 1. The fraction of sp³-hybridized carbons (Fsp3) is 0.333. The van der Waals surface area contributed by atoms with Gasteiger partial charge in [-0.1, -0.05) is 0 Å². The quantitative estimate of drug-likeness (QED) is 0.797. The Morgan fingerprint density at radius 2 is 2.11 bits per heavy atom. The lowest BCUT2D eigenvalue weighted by Gasteiger charge is -2.25. The summed E-state index contributed by atoms with van der Waals surface area (Å²) in [4.78, 5) is 13.0.